The van der Waals surface area contributed by atoms with Crippen LogP contribution in [0.5, 0.6) is 0 Å². The molecule has 0 saturated carbocycles. The molecule has 3 N–H and O–H groups in total. The summed E-state index contributed by atoms with van der Waals surface area (Å²) in [6.45, 7) is -0.0574. The molecule has 0 amide bonds. The Morgan fingerprint density at radius 1 is 1.46 bits per heavy atom. The number of rotatable bonds is 2. The molecule has 1 rings (SSSR count). The van der Waals surface area contributed by atoms with Crippen LogP contribution in [-0.4, -0.2) is 16.7 Å². The molecule has 0 aliphatic rings. The van der Waals surface area contributed by atoms with Crippen LogP contribution in [0, 0.1) is 0 Å². The summed E-state index contributed by atoms with van der Waals surface area (Å²) in [5.74, 6) is 0. The average molecular weight is 290 g/mol. The molecule has 0 bridgehead atoms. The third-order valence-electron chi connectivity index (χ3n) is 1.35. The highest BCUT2D eigenvalue weighted by Crippen LogP contribution is 2.13. The molecule has 6 heteroatoms. The van der Waals surface area contributed by atoms with E-state index < -0.39 is 0 Å². The molecule has 13 heavy (non-hydrogen) atoms. The zero-order valence-electron chi connectivity index (χ0n) is 6.68. The van der Waals surface area contributed by atoms with Gasteiger partial charge in [-0.1, -0.05) is 0 Å². The first-order chi connectivity index (χ1) is 5.24. The number of halogens is 3. The van der Waals surface area contributed by atoms with Gasteiger partial charge in [-0.2, -0.15) is 0 Å². The van der Waals surface area contributed by atoms with Gasteiger partial charge in [0.1, 0.15) is 0 Å². The van der Waals surface area contributed by atoms with E-state index in [4.69, 9.17) is 10.8 Å². The second-order valence-electron chi connectivity index (χ2n) is 2.23. The van der Waals surface area contributed by atoms with E-state index >= 15 is 0 Å². The fraction of sp³-hybridized carbons (Fsp3) is 0.286. The van der Waals surface area contributed by atoms with Crippen molar-refractivity contribution in [1.82, 2.24) is 4.98 Å². The number of hydrogen-bond acceptors (Lipinski definition) is 3. The first-order valence-electron chi connectivity index (χ1n) is 3.21. The Labute approximate surface area is 97.7 Å². The molecule has 0 aliphatic heterocycles. The topological polar surface area (TPSA) is 59.1 Å². The zero-order chi connectivity index (χ0) is 8.27. The maximum absolute atomic E-state index is 8.71. The predicted molar refractivity (Wildman–Crippen MR) is 60.4 cm³/mol. The Bertz CT molecular complexity index is 250. The SMILES string of the molecule is Cl.Cl.N[C@@H](CO)c1cncc(Br)c1. The number of hydrogen-bond donors (Lipinski definition) is 2. The summed E-state index contributed by atoms with van der Waals surface area (Å²) < 4.78 is 0.874. The van der Waals surface area contributed by atoms with Crippen molar-refractivity contribution >= 4 is 40.7 Å². The summed E-state index contributed by atoms with van der Waals surface area (Å²) in [5.41, 5.74) is 6.39. The van der Waals surface area contributed by atoms with E-state index in [1.54, 1.807) is 12.4 Å². The molecule has 1 aromatic heterocycles. The summed E-state index contributed by atoms with van der Waals surface area (Å²) in [6, 6.07) is 1.51. The quantitative estimate of drug-likeness (QED) is 0.871. The first-order valence-corrected chi connectivity index (χ1v) is 4.00. The fourth-order valence-electron chi connectivity index (χ4n) is 0.736. The van der Waals surface area contributed by atoms with Crippen molar-refractivity contribution in [3.05, 3.63) is 28.5 Å². The van der Waals surface area contributed by atoms with E-state index in [0.29, 0.717) is 0 Å². The van der Waals surface area contributed by atoms with Crippen LogP contribution in [0.3, 0.4) is 0 Å². The van der Waals surface area contributed by atoms with Gasteiger partial charge in [-0.15, -0.1) is 24.8 Å². The smallest absolute Gasteiger partial charge is 0.0624 e. The summed E-state index contributed by atoms with van der Waals surface area (Å²) in [4.78, 5) is 3.92. The lowest BCUT2D eigenvalue weighted by Crippen LogP contribution is -2.14. The van der Waals surface area contributed by atoms with Crippen LogP contribution in [0.2, 0.25) is 0 Å². The van der Waals surface area contributed by atoms with Gasteiger partial charge in [0, 0.05) is 16.9 Å². The maximum atomic E-state index is 8.71. The van der Waals surface area contributed by atoms with Gasteiger partial charge in [-0.3, -0.25) is 4.98 Å². The normalized spacial score (nSPS) is 11.0. The molecule has 0 radical (unpaired) electrons. The molecule has 0 unspecified atom stereocenters. The second-order valence-corrected chi connectivity index (χ2v) is 3.14. The average Bonchev–Trinajstić information content (AvgIpc) is 2.03. The predicted octanol–water partition coefficient (Wildman–Crippen LogP) is 1.68. The zero-order valence-corrected chi connectivity index (χ0v) is 9.90. The van der Waals surface area contributed by atoms with E-state index in [1.165, 1.54) is 0 Å². The largest absolute Gasteiger partial charge is 0.394 e. The standard InChI is InChI=1S/C7H9BrN2O.2ClH/c8-6-1-5(2-10-3-6)7(9)4-11;;/h1-3,7,11H,4,9H2;2*1H/t7-;;/m0../s1. The molecule has 0 saturated heterocycles. The lowest BCUT2D eigenvalue weighted by molar-refractivity contribution is 0.268. The third kappa shape index (κ3) is 4.78. The molecule has 0 aromatic carbocycles. The Kier molecular flexibility index (Phi) is 9.03. The molecular formula is C7H11BrCl2N2O. The van der Waals surface area contributed by atoms with Crippen molar-refractivity contribution in [1.29, 1.82) is 0 Å². The summed E-state index contributed by atoms with van der Waals surface area (Å²) >= 11 is 3.26. The van der Waals surface area contributed by atoms with Crippen LogP contribution in [0.1, 0.15) is 11.6 Å². The number of nitrogens with zero attached hydrogens (tertiary/aromatic N) is 1. The van der Waals surface area contributed by atoms with Crippen LogP contribution in [0.15, 0.2) is 22.9 Å². The van der Waals surface area contributed by atoms with Crippen molar-refractivity contribution in [2.24, 2.45) is 5.73 Å². The minimum atomic E-state index is -0.333. The Balaban J connectivity index is 0. The highest BCUT2D eigenvalue weighted by molar-refractivity contribution is 9.10. The van der Waals surface area contributed by atoms with Gasteiger partial charge in [0.2, 0.25) is 0 Å². The minimum Gasteiger partial charge on any atom is -0.394 e. The van der Waals surface area contributed by atoms with Gasteiger partial charge in [0.15, 0.2) is 0 Å². The lowest BCUT2D eigenvalue weighted by Gasteiger charge is -2.06. The molecule has 1 atom stereocenters. The molecule has 0 fully saturated rings. The van der Waals surface area contributed by atoms with E-state index in [9.17, 15) is 0 Å². The number of aliphatic hydroxyl groups is 1. The lowest BCUT2D eigenvalue weighted by atomic mass is 10.1. The minimum absolute atomic E-state index is 0. The van der Waals surface area contributed by atoms with Gasteiger partial charge in [-0.05, 0) is 27.6 Å². The number of aromatic nitrogens is 1. The number of pyridine rings is 1. The van der Waals surface area contributed by atoms with Crippen LogP contribution in [0.25, 0.3) is 0 Å². The van der Waals surface area contributed by atoms with E-state index in [1.807, 2.05) is 6.07 Å². The van der Waals surface area contributed by atoms with E-state index in [-0.39, 0.29) is 37.5 Å². The van der Waals surface area contributed by atoms with Crippen molar-refractivity contribution in [3.63, 3.8) is 0 Å². The van der Waals surface area contributed by atoms with Crippen molar-refractivity contribution in [2.45, 2.75) is 6.04 Å². The monoisotopic (exact) mass is 288 g/mol. The molecule has 3 nitrogen and oxygen atoms in total. The molecular weight excluding hydrogens is 279 g/mol. The highest BCUT2D eigenvalue weighted by Gasteiger charge is 2.03. The Morgan fingerprint density at radius 3 is 2.54 bits per heavy atom. The molecule has 0 aliphatic carbocycles. The first kappa shape index (κ1) is 15.6. The van der Waals surface area contributed by atoms with Crippen LogP contribution < -0.4 is 5.73 Å². The molecule has 76 valence electrons. The van der Waals surface area contributed by atoms with Gasteiger partial charge in [0.25, 0.3) is 0 Å². The Hall–Kier alpha value is 0.130. The van der Waals surface area contributed by atoms with Gasteiger partial charge < -0.3 is 10.8 Å². The van der Waals surface area contributed by atoms with E-state index in [2.05, 4.69) is 20.9 Å². The van der Waals surface area contributed by atoms with Crippen molar-refractivity contribution in [3.8, 4) is 0 Å². The van der Waals surface area contributed by atoms with Crippen LogP contribution >= 0.6 is 40.7 Å². The molecule has 1 aromatic rings. The number of aliphatic hydroxyl groups excluding tert-OH is 1. The Morgan fingerprint density at radius 2 is 2.08 bits per heavy atom. The maximum Gasteiger partial charge on any atom is 0.0624 e. The van der Waals surface area contributed by atoms with Crippen molar-refractivity contribution in [2.75, 3.05) is 6.61 Å². The fourth-order valence-corrected chi connectivity index (χ4v) is 1.12. The van der Waals surface area contributed by atoms with Gasteiger partial charge in [0.05, 0.1) is 12.6 Å². The molecule has 1 heterocycles. The van der Waals surface area contributed by atoms with Crippen LogP contribution in [0.4, 0.5) is 0 Å². The van der Waals surface area contributed by atoms with Gasteiger partial charge in [-0.25, -0.2) is 0 Å². The van der Waals surface area contributed by atoms with E-state index in [0.717, 1.165) is 10.0 Å². The summed E-state index contributed by atoms with van der Waals surface area (Å²) in [6.07, 6.45) is 3.32. The van der Waals surface area contributed by atoms with Crippen molar-refractivity contribution < 1.29 is 5.11 Å². The second kappa shape index (κ2) is 7.53. The number of nitrogens with two attached hydrogens (primary N) is 1. The van der Waals surface area contributed by atoms with Crippen LogP contribution in [-0.2, 0) is 0 Å². The third-order valence-corrected chi connectivity index (χ3v) is 1.78. The molecule has 0 spiro atoms. The van der Waals surface area contributed by atoms with Gasteiger partial charge >= 0.3 is 0 Å². The summed E-state index contributed by atoms with van der Waals surface area (Å²) in [5, 5.41) is 8.71. The highest BCUT2D eigenvalue weighted by atomic mass is 79.9. The summed E-state index contributed by atoms with van der Waals surface area (Å²) in [7, 11) is 0.